The maximum atomic E-state index is 12.0. The highest BCUT2D eigenvalue weighted by Crippen LogP contribution is 2.15. The Hall–Kier alpha value is -2.22. The number of benzene rings is 1. The predicted molar refractivity (Wildman–Crippen MR) is 79.9 cm³/mol. The van der Waals surface area contributed by atoms with E-state index < -0.39 is 4.92 Å². The molecule has 0 saturated heterocycles. The summed E-state index contributed by atoms with van der Waals surface area (Å²) in [5.74, 6) is -0.303. The molecule has 0 aliphatic rings. The Morgan fingerprint density at radius 2 is 2.10 bits per heavy atom. The lowest BCUT2D eigenvalue weighted by molar-refractivity contribution is -0.384. The molecule has 1 aromatic carbocycles. The number of amides is 1. The molecule has 0 unspecified atom stereocenters. The minimum atomic E-state index is -0.504. The number of halogens is 1. The molecule has 110 valence electrons. The average Bonchev–Trinajstić information content (AvgIpc) is 2.85. The van der Waals surface area contributed by atoms with Crippen molar-refractivity contribution in [3.63, 3.8) is 0 Å². The first kappa shape index (κ1) is 15.2. The van der Waals surface area contributed by atoms with Crippen LogP contribution in [-0.2, 0) is 13.1 Å². The molecule has 1 heterocycles. The Kier molecular flexibility index (Phi) is 4.69. The summed E-state index contributed by atoms with van der Waals surface area (Å²) in [4.78, 5) is 22.0. The minimum Gasteiger partial charge on any atom is -0.346 e. The second kappa shape index (κ2) is 6.49. The van der Waals surface area contributed by atoms with Gasteiger partial charge in [-0.2, -0.15) is 5.10 Å². The van der Waals surface area contributed by atoms with Crippen LogP contribution in [0.2, 0.25) is 0 Å². The number of nitrogens with zero attached hydrogens (tertiary/aromatic N) is 3. The van der Waals surface area contributed by atoms with Crippen LogP contribution in [0, 0.1) is 10.1 Å². The van der Waals surface area contributed by atoms with Crippen molar-refractivity contribution in [1.82, 2.24) is 15.1 Å². The van der Waals surface area contributed by atoms with E-state index in [2.05, 4.69) is 26.3 Å². The van der Waals surface area contributed by atoms with Gasteiger partial charge in [0, 0.05) is 30.4 Å². The number of nitrogens with one attached hydrogen (secondary N) is 1. The summed E-state index contributed by atoms with van der Waals surface area (Å²) < 4.78 is 2.59. The second-order valence-electron chi connectivity index (χ2n) is 4.27. The molecule has 2 rings (SSSR count). The predicted octanol–water partition coefficient (Wildman–Crippen LogP) is 2.50. The van der Waals surface area contributed by atoms with Crippen molar-refractivity contribution < 1.29 is 9.72 Å². The van der Waals surface area contributed by atoms with E-state index in [0.717, 1.165) is 16.7 Å². The molecule has 0 fully saturated rings. The quantitative estimate of drug-likeness (QED) is 0.661. The van der Waals surface area contributed by atoms with E-state index >= 15 is 0 Å². The van der Waals surface area contributed by atoms with E-state index in [-0.39, 0.29) is 18.1 Å². The summed E-state index contributed by atoms with van der Waals surface area (Å²) in [5.41, 5.74) is 1.05. The zero-order valence-electron chi connectivity index (χ0n) is 11.2. The largest absolute Gasteiger partial charge is 0.346 e. The highest BCUT2D eigenvalue weighted by molar-refractivity contribution is 9.10. The number of non-ortho nitro benzene ring substituents is 1. The van der Waals surface area contributed by atoms with Crippen LogP contribution in [0.3, 0.4) is 0 Å². The lowest BCUT2D eigenvalue weighted by Crippen LogP contribution is -2.23. The summed E-state index contributed by atoms with van der Waals surface area (Å²) in [6, 6.07) is 5.45. The molecule has 0 atom stereocenters. The molecule has 1 aromatic heterocycles. The zero-order chi connectivity index (χ0) is 15.4. The maximum Gasteiger partial charge on any atom is 0.269 e. The lowest BCUT2D eigenvalue weighted by Gasteiger charge is -2.03. The highest BCUT2D eigenvalue weighted by Gasteiger charge is 2.11. The van der Waals surface area contributed by atoms with Crippen LogP contribution in [0.15, 0.2) is 34.9 Å². The first-order valence-electron chi connectivity index (χ1n) is 6.25. The number of carbonyl (C=O) groups excluding carboxylic acids is 1. The summed E-state index contributed by atoms with van der Waals surface area (Å²) in [7, 11) is 0. The van der Waals surface area contributed by atoms with Gasteiger partial charge in [-0.25, -0.2) is 0 Å². The van der Waals surface area contributed by atoms with Crippen LogP contribution >= 0.6 is 15.9 Å². The molecule has 21 heavy (non-hydrogen) atoms. The molecular formula is C13H13BrN4O3. The molecule has 8 heteroatoms. The second-order valence-corrected chi connectivity index (χ2v) is 5.12. The lowest BCUT2D eigenvalue weighted by atomic mass is 10.2. The van der Waals surface area contributed by atoms with E-state index in [1.807, 2.05) is 13.1 Å². The van der Waals surface area contributed by atoms with Gasteiger partial charge in [-0.15, -0.1) is 0 Å². The van der Waals surface area contributed by atoms with Crippen molar-refractivity contribution >= 4 is 27.5 Å². The van der Waals surface area contributed by atoms with Gasteiger partial charge in [0.15, 0.2) is 0 Å². The van der Waals surface area contributed by atoms with Gasteiger partial charge in [0.25, 0.3) is 11.6 Å². The number of aryl methyl sites for hydroxylation is 1. The number of hydrogen-bond acceptors (Lipinski definition) is 4. The molecular weight excluding hydrogens is 340 g/mol. The molecule has 0 bridgehead atoms. The summed E-state index contributed by atoms with van der Waals surface area (Å²) in [6.07, 6.45) is 1.84. The van der Waals surface area contributed by atoms with E-state index in [1.54, 1.807) is 4.68 Å². The first-order chi connectivity index (χ1) is 10.0. The van der Waals surface area contributed by atoms with E-state index in [9.17, 15) is 14.9 Å². The normalized spacial score (nSPS) is 10.4. The van der Waals surface area contributed by atoms with E-state index in [0.29, 0.717) is 5.56 Å². The Morgan fingerprint density at radius 3 is 2.62 bits per heavy atom. The first-order valence-corrected chi connectivity index (χ1v) is 7.05. The number of hydrogen-bond donors (Lipinski definition) is 1. The molecule has 0 aliphatic heterocycles. The molecule has 0 spiro atoms. The van der Waals surface area contributed by atoms with Gasteiger partial charge in [-0.1, -0.05) is 0 Å². The van der Waals surface area contributed by atoms with Gasteiger partial charge in [0.05, 0.1) is 21.6 Å². The smallest absolute Gasteiger partial charge is 0.269 e. The van der Waals surface area contributed by atoms with E-state index in [1.165, 1.54) is 24.3 Å². The Morgan fingerprint density at radius 1 is 1.43 bits per heavy atom. The average molecular weight is 353 g/mol. The number of rotatable bonds is 5. The van der Waals surface area contributed by atoms with Gasteiger partial charge in [-0.05, 0) is 35.0 Å². The Labute approximate surface area is 129 Å². The van der Waals surface area contributed by atoms with Gasteiger partial charge in [0.1, 0.15) is 0 Å². The van der Waals surface area contributed by atoms with Crippen LogP contribution in [0.25, 0.3) is 0 Å². The van der Waals surface area contributed by atoms with Crippen LogP contribution in [0.5, 0.6) is 0 Å². The standard InChI is InChI=1S/C13H13BrN4O3/c1-2-17-8-11(14)12(16-17)7-15-13(19)9-3-5-10(6-4-9)18(20)21/h3-6,8H,2,7H2,1H3,(H,15,19). The van der Waals surface area contributed by atoms with Crippen LogP contribution in [-0.4, -0.2) is 20.6 Å². The van der Waals surface area contributed by atoms with Crippen LogP contribution in [0.1, 0.15) is 23.0 Å². The van der Waals surface area contributed by atoms with Gasteiger partial charge in [0.2, 0.25) is 0 Å². The van der Waals surface area contributed by atoms with Crippen LogP contribution < -0.4 is 5.32 Å². The number of aromatic nitrogens is 2. The minimum absolute atomic E-state index is 0.0454. The van der Waals surface area contributed by atoms with E-state index in [4.69, 9.17) is 0 Å². The Balaban J connectivity index is 2.01. The van der Waals surface area contributed by atoms with Gasteiger partial charge in [-0.3, -0.25) is 19.6 Å². The number of carbonyl (C=O) groups is 1. The fraction of sp³-hybridized carbons (Fsp3) is 0.231. The molecule has 0 radical (unpaired) electrons. The number of nitro groups is 1. The fourth-order valence-electron chi connectivity index (χ4n) is 1.72. The molecule has 0 aliphatic carbocycles. The van der Waals surface area contributed by atoms with Gasteiger partial charge < -0.3 is 5.32 Å². The zero-order valence-corrected chi connectivity index (χ0v) is 12.8. The van der Waals surface area contributed by atoms with Crippen molar-refractivity contribution in [2.24, 2.45) is 0 Å². The monoisotopic (exact) mass is 352 g/mol. The SMILES string of the molecule is CCn1cc(Br)c(CNC(=O)c2ccc([N+](=O)[O-])cc2)n1. The third kappa shape index (κ3) is 3.66. The summed E-state index contributed by atoms with van der Waals surface area (Å²) in [5, 5.41) is 17.6. The molecule has 0 saturated carbocycles. The van der Waals surface area contributed by atoms with Crippen LogP contribution in [0.4, 0.5) is 5.69 Å². The van der Waals surface area contributed by atoms with Crippen molar-refractivity contribution in [2.45, 2.75) is 20.0 Å². The summed E-state index contributed by atoms with van der Waals surface area (Å²) >= 11 is 3.38. The topological polar surface area (TPSA) is 90.1 Å². The highest BCUT2D eigenvalue weighted by atomic mass is 79.9. The van der Waals surface area contributed by atoms with Crippen molar-refractivity contribution in [2.75, 3.05) is 0 Å². The molecule has 2 aromatic rings. The maximum absolute atomic E-state index is 12.0. The molecule has 1 N–H and O–H groups in total. The third-order valence-corrected chi connectivity index (χ3v) is 3.53. The summed E-state index contributed by atoms with van der Waals surface area (Å²) in [6.45, 7) is 3.00. The molecule has 1 amide bonds. The third-order valence-electron chi connectivity index (χ3n) is 2.87. The van der Waals surface area contributed by atoms with Crippen molar-refractivity contribution in [3.8, 4) is 0 Å². The van der Waals surface area contributed by atoms with Crippen molar-refractivity contribution in [3.05, 3.63) is 56.3 Å². The van der Waals surface area contributed by atoms with Gasteiger partial charge >= 0.3 is 0 Å². The number of nitro benzene ring substituents is 1. The van der Waals surface area contributed by atoms with Crippen molar-refractivity contribution in [1.29, 1.82) is 0 Å². The fourth-order valence-corrected chi connectivity index (χ4v) is 2.18. The Bertz CT molecular complexity index is 667. The molecule has 7 nitrogen and oxygen atoms in total.